The maximum atomic E-state index is 13.3. The quantitative estimate of drug-likeness (QED) is 0.314. The number of hydrogen-bond acceptors (Lipinski definition) is 6. The van der Waals surface area contributed by atoms with Gasteiger partial charge in [0, 0.05) is 11.3 Å². The molecule has 1 N–H and O–H groups in total. The van der Waals surface area contributed by atoms with Gasteiger partial charge >= 0.3 is 0 Å². The highest BCUT2D eigenvalue weighted by molar-refractivity contribution is 6.51. The van der Waals surface area contributed by atoms with E-state index in [1.807, 2.05) is 25.1 Å². The minimum Gasteiger partial charge on any atom is -0.507 e. The highest BCUT2D eigenvalue weighted by atomic mass is 16.6. The summed E-state index contributed by atoms with van der Waals surface area (Å²) in [5.74, 6) is 0.0154. The average molecular weight is 472 g/mol. The molecule has 0 radical (unpaired) electrons. The van der Waals surface area contributed by atoms with Crippen LogP contribution < -0.4 is 19.1 Å². The summed E-state index contributed by atoms with van der Waals surface area (Å²) in [5, 5.41) is 11.3. The van der Waals surface area contributed by atoms with Gasteiger partial charge in [-0.2, -0.15) is 0 Å². The van der Waals surface area contributed by atoms with Crippen LogP contribution in [-0.4, -0.2) is 36.6 Å². The Morgan fingerprint density at radius 3 is 2.40 bits per heavy atom. The number of ketones is 1. The minimum absolute atomic E-state index is 0.0118. The number of benzene rings is 3. The molecule has 1 fully saturated rings. The molecule has 0 aliphatic carbocycles. The van der Waals surface area contributed by atoms with E-state index in [0.717, 1.165) is 6.42 Å². The summed E-state index contributed by atoms with van der Waals surface area (Å²) in [6.45, 7) is 3.45. The van der Waals surface area contributed by atoms with Crippen molar-refractivity contribution >= 4 is 23.1 Å². The van der Waals surface area contributed by atoms with E-state index in [0.29, 0.717) is 53.9 Å². The maximum Gasteiger partial charge on any atom is 0.300 e. The van der Waals surface area contributed by atoms with Gasteiger partial charge in [-0.1, -0.05) is 37.3 Å². The van der Waals surface area contributed by atoms with Gasteiger partial charge in [-0.25, -0.2) is 0 Å². The highest BCUT2D eigenvalue weighted by Gasteiger charge is 2.47. The molecule has 0 aromatic heterocycles. The summed E-state index contributed by atoms with van der Waals surface area (Å²) in [6, 6.07) is 20.4. The van der Waals surface area contributed by atoms with Crippen LogP contribution >= 0.6 is 0 Å². The Bertz CT molecular complexity index is 1280. The summed E-state index contributed by atoms with van der Waals surface area (Å²) >= 11 is 0. The number of para-hydroxylation sites is 1. The summed E-state index contributed by atoms with van der Waals surface area (Å²) < 4.78 is 16.9. The number of ether oxygens (including phenoxy) is 3. The predicted molar refractivity (Wildman–Crippen MR) is 131 cm³/mol. The van der Waals surface area contributed by atoms with Crippen molar-refractivity contribution in [3.05, 3.63) is 89.5 Å². The molecule has 0 bridgehead atoms. The summed E-state index contributed by atoms with van der Waals surface area (Å²) in [4.78, 5) is 28.0. The second-order valence-electron chi connectivity index (χ2n) is 8.28. The number of rotatable bonds is 6. The summed E-state index contributed by atoms with van der Waals surface area (Å²) in [7, 11) is 0. The fourth-order valence-electron chi connectivity index (χ4n) is 4.32. The van der Waals surface area contributed by atoms with E-state index < -0.39 is 17.7 Å². The Labute approximate surface area is 203 Å². The van der Waals surface area contributed by atoms with Crippen LogP contribution in [0.1, 0.15) is 30.5 Å². The van der Waals surface area contributed by atoms with Gasteiger partial charge < -0.3 is 19.3 Å². The molecule has 35 heavy (non-hydrogen) atoms. The number of hydrogen-bond donors (Lipinski definition) is 1. The van der Waals surface area contributed by atoms with Gasteiger partial charge in [-0.15, -0.1) is 0 Å². The third-order valence-electron chi connectivity index (χ3n) is 5.96. The van der Waals surface area contributed by atoms with Gasteiger partial charge in [0.25, 0.3) is 11.7 Å². The van der Waals surface area contributed by atoms with Gasteiger partial charge in [0.15, 0.2) is 11.5 Å². The molecule has 3 aromatic carbocycles. The number of Topliss-reactive ketones (excluding diaryl/α,β-unsaturated/α-hetero) is 1. The molecule has 1 unspecified atom stereocenters. The molecule has 1 amide bonds. The van der Waals surface area contributed by atoms with Crippen molar-refractivity contribution in [3.8, 4) is 17.2 Å². The van der Waals surface area contributed by atoms with Gasteiger partial charge in [-0.05, 0) is 54.4 Å². The van der Waals surface area contributed by atoms with Crippen molar-refractivity contribution in [3.63, 3.8) is 0 Å². The van der Waals surface area contributed by atoms with Crippen LogP contribution in [0, 0.1) is 0 Å². The summed E-state index contributed by atoms with van der Waals surface area (Å²) in [5.41, 5.74) is 1.62. The third-order valence-corrected chi connectivity index (χ3v) is 5.96. The van der Waals surface area contributed by atoms with E-state index in [1.165, 1.54) is 4.90 Å². The molecule has 3 aromatic rings. The molecule has 7 heteroatoms. The molecule has 1 saturated heterocycles. The first-order valence-corrected chi connectivity index (χ1v) is 11.6. The Morgan fingerprint density at radius 1 is 0.971 bits per heavy atom. The van der Waals surface area contributed by atoms with E-state index in [4.69, 9.17) is 14.2 Å². The van der Waals surface area contributed by atoms with Crippen molar-refractivity contribution in [2.75, 3.05) is 24.7 Å². The number of carbonyl (C=O) groups is 2. The molecule has 0 spiro atoms. The van der Waals surface area contributed by atoms with Crippen LogP contribution in [0.3, 0.4) is 0 Å². The third kappa shape index (κ3) is 4.21. The normalized spacial score (nSPS) is 18.5. The Kier molecular flexibility index (Phi) is 6.14. The fourth-order valence-corrected chi connectivity index (χ4v) is 4.32. The molecular formula is C28H25NO6. The lowest BCUT2D eigenvalue weighted by molar-refractivity contribution is -0.132. The molecule has 0 saturated carbocycles. The molecule has 178 valence electrons. The molecule has 1 atom stereocenters. The molecular weight excluding hydrogens is 446 g/mol. The lowest BCUT2D eigenvalue weighted by atomic mass is 9.95. The SMILES string of the molecule is CCCOc1ccc(C2/C(=C(/O)c3ccc4c(c3)OCCO4)C(=O)C(=O)N2c2ccccc2)cc1. The van der Waals surface area contributed by atoms with Crippen molar-refractivity contribution in [1.82, 2.24) is 0 Å². The maximum absolute atomic E-state index is 13.3. The van der Waals surface area contributed by atoms with Gasteiger partial charge in [-0.3, -0.25) is 14.5 Å². The smallest absolute Gasteiger partial charge is 0.300 e. The van der Waals surface area contributed by atoms with Gasteiger partial charge in [0.05, 0.1) is 18.2 Å². The van der Waals surface area contributed by atoms with Crippen molar-refractivity contribution < 1.29 is 28.9 Å². The zero-order valence-electron chi connectivity index (χ0n) is 19.3. The molecule has 2 aliphatic rings. The lowest BCUT2D eigenvalue weighted by Crippen LogP contribution is -2.29. The first kappa shape index (κ1) is 22.5. The van der Waals surface area contributed by atoms with Crippen LogP contribution in [0.2, 0.25) is 0 Å². The summed E-state index contributed by atoms with van der Waals surface area (Å²) in [6.07, 6.45) is 0.880. The fraction of sp³-hybridized carbons (Fsp3) is 0.214. The van der Waals surface area contributed by atoms with Crippen LogP contribution in [0.5, 0.6) is 17.2 Å². The lowest BCUT2D eigenvalue weighted by Gasteiger charge is -2.25. The number of fused-ring (bicyclic) bond motifs is 1. The number of aliphatic hydroxyl groups is 1. The number of carbonyl (C=O) groups excluding carboxylic acids is 2. The average Bonchev–Trinajstić information content (AvgIpc) is 3.17. The van der Waals surface area contributed by atoms with E-state index in [9.17, 15) is 14.7 Å². The van der Waals surface area contributed by atoms with Crippen LogP contribution in [0.25, 0.3) is 5.76 Å². The Hall–Kier alpha value is -4.26. The Morgan fingerprint density at radius 2 is 1.69 bits per heavy atom. The van der Waals surface area contributed by atoms with Crippen molar-refractivity contribution in [1.29, 1.82) is 0 Å². The van der Waals surface area contributed by atoms with E-state index in [1.54, 1.807) is 54.6 Å². The molecule has 7 nitrogen and oxygen atoms in total. The first-order valence-electron chi connectivity index (χ1n) is 11.6. The number of amides is 1. The van der Waals surface area contributed by atoms with Gasteiger partial charge in [0.1, 0.15) is 24.7 Å². The van der Waals surface area contributed by atoms with Crippen molar-refractivity contribution in [2.45, 2.75) is 19.4 Å². The zero-order valence-corrected chi connectivity index (χ0v) is 19.3. The number of nitrogens with zero attached hydrogens (tertiary/aromatic N) is 1. The molecule has 5 rings (SSSR count). The van der Waals surface area contributed by atoms with Crippen LogP contribution in [0.15, 0.2) is 78.4 Å². The zero-order chi connectivity index (χ0) is 24.4. The molecule has 2 heterocycles. The monoisotopic (exact) mass is 471 g/mol. The second kappa shape index (κ2) is 9.54. The standard InChI is InChI=1S/C28H25NO6/c1-2-14-33-21-11-8-18(9-12-21)25-24(27(31)28(32)29(25)20-6-4-3-5-7-20)26(30)19-10-13-22-23(17-19)35-16-15-34-22/h3-13,17,25,30H,2,14-16H2,1H3/b26-24-. The second-order valence-corrected chi connectivity index (χ2v) is 8.28. The van der Waals surface area contributed by atoms with Crippen molar-refractivity contribution in [2.24, 2.45) is 0 Å². The topological polar surface area (TPSA) is 85.3 Å². The van der Waals surface area contributed by atoms with Crippen LogP contribution in [-0.2, 0) is 9.59 Å². The van der Waals surface area contributed by atoms with E-state index in [-0.39, 0.29) is 11.3 Å². The highest BCUT2D eigenvalue weighted by Crippen LogP contribution is 2.43. The molecule has 2 aliphatic heterocycles. The van der Waals surface area contributed by atoms with Gasteiger partial charge in [0.2, 0.25) is 0 Å². The number of aliphatic hydroxyl groups excluding tert-OH is 1. The Balaban J connectivity index is 1.63. The largest absolute Gasteiger partial charge is 0.507 e. The van der Waals surface area contributed by atoms with E-state index >= 15 is 0 Å². The van der Waals surface area contributed by atoms with Crippen LogP contribution in [0.4, 0.5) is 5.69 Å². The predicted octanol–water partition coefficient (Wildman–Crippen LogP) is 4.87. The first-order chi connectivity index (χ1) is 17.1. The number of anilines is 1. The minimum atomic E-state index is -0.814. The van der Waals surface area contributed by atoms with E-state index in [2.05, 4.69) is 0 Å².